The second kappa shape index (κ2) is 7.40. The molecule has 2 saturated heterocycles. The lowest BCUT2D eigenvalue weighted by atomic mass is 9.44. The highest BCUT2D eigenvalue weighted by Gasteiger charge is 2.70. The predicted molar refractivity (Wildman–Crippen MR) is 121 cm³/mol. The van der Waals surface area contributed by atoms with Crippen molar-refractivity contribution in [3.05, 3.63) is 0 Å². The Balaban J connectivity index is 1.29. The summed E-state index contributed by atoms with van der Waals surface area (Å²) in [6.45, 7) is 8.06. The smallest absolute Gasteiger partial charge is 0.171 e. The molecule has 6 aliphatic rings. The van der Waals surface area contributed by atoms with E-state index in [1.54, 1.807) is 0 Å². The molecule has 2 aliphatic heterocycles. The van der Waals surface area contributed by atoms with Crippen molar-refractivity contribution in [2.24, 2.45) is 52.3 Å². The topological polar surface area (TPSA) is 79.2 Å². The zero-order valence-corrected chi connectivity index (χ0v) is 20.2. The van der Waals surface area contributed by atoms with Gasteiger partial charge in [-0.15, -0.1) is 0 Å². The fourth-order valence-corrected chi connectivity index (χ4v) is 10.3. The van der Waals surface area contributed by atoms with Crippen LogP contribution < -0.4 is 0 Å². The lowest BCUT2D eigenvalue weighted by Crippen LogP contribution is -2.58. The van der Waals surface area contributed by atoms with Crippen molar-refractivity contribution < 1.29 is 24.8 Å². The Morgan fingerprint density at radius 1 is 0.938 bits per heavy atom. The van der Waals surface area contributed by atoms with Crippen molar-refractivity contribution >= 4 is 0 Å². The van der Waals surface area contributed by atoms with Crippen LogP contribution in [0.4, 0.5) is 0 Å². The fraction of sp³-hybridized carbons (Fsp3) is 1.00. The Kier molecular flexibility index (Phi) is 5.15. The van der Waals surface area contributed by atoms with E-state index in [0.717, 1.165) is 58.0 Å². The van der Waals surface area contributed by atoms with Crippen LogP contribution in [0.15, 0.2) is 0 Å². The summed E-state index contributed by atoms with van der Waals surface area (Å²) in [5.41, 5.74) is 0.0639. The molecule has 1 spiro atoms. The standard InChI is InChI=1S/C27H44O5/c1-15-6-9-27(31-13-15)16(2)24-23(32-27)11-20-18-5-4-17-10-21(29)22(30)12-25(17,3)19(18)7-8-26(20,24)14-28/h15-24,28-30H,4-14H2,1-3H3. The molecule has 13 unspecified atom stereocenters. The first-order valence-electron chi connectivity index (χ1n) is 13.5. The zero-order chi connectivity index (χ0) is 22.5. The summed E-state index contributed by atoms with van der Waals surface area (Å²) >= 11 is 0. The monoisotopic (exact) mass is 448 g/mol. The van der Waals surface area contributed by atoms with Gasteiger partial charge in [-0.1, -0.05) is 20.8 Å². The zero-order valence-electron chi connectivity index (χ0n) is 20.2. The Hall–Kier alpha value is -0.200. The van der Waals surface area contributed by atoms with E-state index in [9.17, 15) is 15.3 Å². The van der Waals surface area contributed by atoms with Gasteiger partial charge in [0.05, 0.1) is 24.9 Å². The normalized spacial score (nSPS) is 61.7. The van der Waals surface area contributed by atoms with Crippen molar-refractivity contribution in [1.82, 2.24) is 0 Å². The van der Waals surface area contributed by atoms with Gasteiger partial charge >= 0.3 is 0 Å². The summed E-state index contributed by atoms with van der Waals surface area (Å²) in [6.07, 6.45) is 8.31. The van der Waals surface area contributed by atoms with Crippen molar-refractivity contribution in [3.8, 4) is 0 Å². The molecule has 0 radical (unpaired) electrons. The van der Waals surface area contributed by atoms with Crippen LogP contribution in [0.5, 0.6) is 0 Å². The molecule has 5 heteroatoms. The van der Waals surface area contributed by atoms with E-state index in [0.29, 0.717) is 41.4 Å². The molecule has 4 aliphatic carbocycles. The van der Waals surface area contributed by atoms with E-state index in [2.05, 4.69) is 20.8 Å². The largest absolute Gasteiger partial charge is 0.396 e. The first-order valence-corrected chi connectivity index (χ1v) is 13.5. The molecule has 3 N–H and O–H groups in total. The van der Waals surface area contributed by atoms with Crippen LogP contribution in [-0.4, -0.2) is 52.6 Å². The summed E-state index contributed by atoms with van der Waals surface area (Å²) < 4.78 is 13.2. The van der Waals surface area contributed by atoms with Gasteiger partial charge in [0.15, 0.2) is 5.79 Å². The van der Waals surface area contributed by atoms with Crippen LogP contribution in [0.1, 0.15) is 78.6 Å². The minimum absolute atomic E-state index is 0.0445. The van der Waals surface area contributed by atoms with Gasteiger partial charge in [-0.25, -0.2) is 0 Å². The summed E-state index contributed by atoms with van der Waals surface area (Å²) in [7, 11) is 0. The van der Waals surface area contributed by atoms with Crippen LogP contribution in [0.2, 0.25) is 0 Å². The summed E-state index contributed by atoms with van der Waals surface area (Å²) in [4.78, 5) is 0. The van der Waals surface area contributed by atoms with E-state index in [1.807, 2.05) is 0 Å². The van der Waals surface area contributed by atoms with Crippen LogP contribution in [0.25, 0.3) is 0 Å². The fourth-order valence-electron chi connectivity index (χ4n) is 10.3. The molecule has 5 nitrogen and oxygen atoms in total. The van der Waals surface area contributed by atoms with Crippen molar-refractivity contribution in [2.45, 2.75) is 103 Å². The molecule has 32 heavy (non-hydrogen) atoms. The van der Waals surface area contributed by atoms with Gasteiger partial charge in [0.25, 0.3) is 0 Å². The molecule has 182 valence electrons. The first-order chi connectivity index (χ1) is 15.2. The summed E-state index contributed by atoms with van der Waals surface area (Å²) in [6, 6.07) is 0. The van der Waals surface area contributed by atoms with Crippen molar-refractivity contribution in [2.75, 3.05) is 13.2 Å². The molecule has 6 fully saturated rings. The SMILES string of the molecule is CC1CCC2(OC1)OC1CC3C4CCC5CC(O)C(O)CC5(C)C4CCC3(CO)C1C2C. The maximum atomic E-state index is 10.9. The molecule has 0 aromatic rings. The third-order valence-corrected chi connectivity index (χ3v) is 12.0. The van der Waals surface area contributed by atoms with Crippen molar-refractivity contribution in [3.63, 3.8) is 0 Å². The lowest BCUT2D eigenvalue weighted by molar-refractivity contribution is -0.273. The van der Waals surface area contributed by atoms with Crippen LogP contribution in [0.3, 0.4) is 0 Å². The third kappa shape index (κ3) is 2.81. The molecule has 0 amide bonds. The number of rotatable bonds is 1. The summed E-state index contributed by atoms with van der Waals surface area (Å²) in [5, 5.41) is 31.8. The van der Waals surface area contributed by atoms with Gasteiger partial charge in [0.2, 0.25) is 0 Å². The maximum absolute atomic E-state index is 10.9. The number of aliphatic hydroxyl groups excluding tert-OH is 3. The Morgan fingerprint density at radius 2 is 1.75 bits per heavy atom. The number of hydrogen-bond acceptors (Lipinski definition) is 5. The number of ether oxygens (including phenoxy) is 2. The van der Waals surface area contributed by atoms with E-state index >= 15 is 0 Å². The van der Waals surface area contributed by atoms with E-state index in [4.69, 9.17) is 9.47 Å². The van der Waals surface area contributed by atoms with E-state index < -0.39 is 18.0 Å². The van der Waals surface area contributed by atoms with Crippen LogP contribution in [0, 0.1) is 52.3 Å². The van der Waals surface area contributed by atoms with Gasteiger partial charge in [-0.3, -0.25) is 0 Å². The van der Waals surface area contributed by atoms with Gasteiger partial charge in [-0.05, 0) is 86.4 Å². The molecule has 4 saturated carbocycles. The summed E-state index contributed by atoms with van der Waals surface area (Å²) in [5.74, 6) is 3.09. The second-order valence-electron chi connectivity index (χ2n) is 13.1. The molecule has 0 aromatic carbocycles. The van der Waals surface area contributed by atoms with E-state index in [-0.39, 0.29) is 23.5 Å². The number of hydrogen-bond donors (Lipinski definition) is 3. The highest BCUT2D eigenvalue weighted by atomic mass is 16.7. The van der Waals surface area contributed by atoms with Crippen molar-refractivity contribution in [1.29, 1.82) is 0 Å². The van der Waals surface area contributed by atoms with Crippen LogP contribution in [-0.2, 0) is 9.47 Å². The maximum Gasteiger partial charge on any atom is 0.171 e. The predicted octanol–water partition coefficient (Wildman–Crippen LogP) is 3.74. The molecule has 6 rings (SSSR count). The minimum atomic E-state index is -0.587. The molecule has 2 heterocycles. The number of aliphatic hydroxyl groups is 3. The molecular formula is C27H44O5. The average molecular weight is 449 g/mol. The van der Waals surface area contributed by atoms with Crippen LogP contribution >= 0.6 is 0 Å². The average Bonchev–Trinajstić information content (AvgIpc) is 3.23. The minimum Gasteiger partial charge on any atom is -0.396 e. The lowest BCUT2D eigenvalue weighted by Gasteiger charge is -2.62. The Labute approximate surface area is 193 Å². The highest BCUT2D eigenvalue weighted by Crippen LogP contribution is 2.71. The third-order valence-electron chi connectivity index (χ3n) is 12.0. The van der Waals surface area contributed by atoms with Gasteiger partial charge in [0, 0.05) is 30.3 Å². The van der Waals surface area contributed by atoms with Gasteiger partial charge < -0.3 is 24.8 Å². The highest BCUT2D eigenvalue weighted by molar-refractivity contribution is 5.16. The first kappa shape index (κ1) is 22.3. The second-order valence-corrected chi connectivity index (χ2v) is 13.1. The molecule has 0 bridgehead atoms. The van der Waals surface area contributed by atoms with E-state index in [1.165, 1.54) is 6.42 Å². The quantitative estimate of drug-likeness (QED) is 0.570. The van der Waals surface area contributed by atoms with Gasteiger partial charge in [-0.2, -0.15) is 0 Å². The molecule has 13 atom stereocenters. The Bertz CT molecular complexity index is 734. The number of fused-ring (bicyclic) bond motifs is 7. The molecular weight excluding hydrogens is 404 g/mol. The Morgan fingerprint density at radius 3 is 2.47 bits per heavy atom. The molecule has 0 aromatic heterocycles. The van der Waals surface area contributed by atoms with Gasteiger partial charge in [0.1, 0.15) is 0 Å².